The van der Waals surface area contributed by atoms with E-state index in [-0.39, 0.29) is 5.02 Å². The van der Waals surface area contributed by atoms with Gasteiger partial charge < -0.3 is 9.40 Å². The number of fused-ring (bicyclic) bond motifs is 2. The van der Waals surface area contributed by atoms with Crippen molar-refractivity contribution in [2.24, 2.45) is 7.05 Å². The Morgan fingerprint density at radius 1 is 1.06 bits per heavy atom. The van der Waals surface area contributed by atoms with Crippen molar-refractivity contribution in [3.63, 3.8) is 0 Å². The molecule has 0 fully saturated rings. The molecule has 1 aliphatic carbocycles. The second-order valence-electron chi connectivity index (χ2n) is 8.69. The maximum Gasteiger partial charge on any atom is 0.150 e. The molecule has 34 heavy (non-hydrogen) atoms. The lowest BCUT2D eigenvalue weighted by atomic mass is 10.00. The molecule has 1 atom stereocenters. The van der Waals surface area contributed by atoms with E-state index in [0.717, 1.165) is 29.7 Å². The lowest BCUT2D eigenvalue weighted by Gasteiger charge is -2.19. The summed E-state index contributed by atoms with van der Waals surface area (Å²) in [6.07, 6.45) is 9.65. The molecule has 0 N–H and O–H groups in total. The van der Waals surface area contributed by atoms with E-state index < -0.39 is 11.9 Å². The molecule has 2 heterocycles. The van der Waals surface area contributed by atoms with Crippen LogP contribution in [0, 0.1) is 5.82 Å². The molecule has 174 valence electrons. The van der Waals surface area contributed by atoms with Gasteiger partial charge in [-0.15, -0.1) is 0 Å². The number of aromatic nitrogens is 2. The van der Waals surface area contributed by atoms with Crippen molar-refractivity contribution in [2.45, 2.75) is 32.8 Å². The fourth-order valence-corrected chi connectivity index (χ4v) is 5.24. The van der Waals surface area contributed by atoms with Crippen molar-refractivity contribution in [1.82, 2.24) is 9.30 Å². The van der Waals surface area contributed by atoms with Gasteiger partial charge in [0, 0.05) is 40.9 Å². The zero-order chi connectivity index (χ0) is 24.0. The van der Waals surface area contributed by atoms with Gasteiger partial charge in [-0.2, -0.15) is 4.73 Å². The lowest BCUT2D eigenvalue weighted by molar-refractivity contribution is 0.0470. The predicted molar refractivity (Wildman–Crippen MR) is 139 cm³/mol. The van der Waals surface area contributed by atoms with Crippen LogP contribution in [0.4, 0.5) is 4.39 Å². The Hall–Kier alpha value is -2.95. The maximum atomic E-state index is 14.1. The van der Waals surface area contributed by atoms with Gasteiger partial charge in [0.1, 0.15) is 5.82 Å². The van der Waals surface area contributed by atoms with Crippen LogP contribution in [0.25, 0.3) is 22.6 Å². The number of aryl methyl sites for hydroxylation is 1. The molecule has 0 saturated heterocycles. The summed E-state index contributed by atoms with van der Waals surface area (Å²) in [5, 5.41) is 1.56. The van der Waals surface area contributed by atoms with E-state index in [9.17, 15) is 4.39 Å². The smallest absolute Gasteiger partial charge is 0.150 e. The van der Waals surface area contributed by atoms with Crippen LogP contribution in [-0.2, 0) is 13.5 Å². The van der Waals surface area contributed by atoms with Gasteiger partial charge in [0.25, 0.3) is 0 Å². The zero-order valence-corrected chi connectivity index (χ0v) is 20.8. The lowest BCUT2D eigenvalue weighted by Crippen LogP contribution is -2.17. The first-order chi connectivity index (χ1) is 16.4. The normalized spacial score (nSPS) is 14.4. The van der Waals surface area contributed by atoms with Gasteiger partial charge >= 0.3 is 0 Å². The predicted octanol–water partition coefficient (Wildman–Crippen LogP) is 8.05. The van der Waals surface area contributed by atoms with Crippen LogP contribution in [0.5, 0.6) is 0 Å². The second-order valence-corrected chi connectivity index (χ2v) is 9.47. The number of hydrogen-bond acceptors (Lipinski definition) is 1. The summed E-state index contributed by atoms with van der Waals surface area (Å²) in [4.78, 5) is 6.25. The van der Waals surface area contributed by atoms with E-state index in [1.165, 1.54) is 34.2 Å². The zero-order valence-electron chi connectivity index (χ0n) is 19.3. The molecule has 3 nitrogen and oxygen atoms in total. The van der Waals surface area contributed by atoms with Gasteiger partial charge in [0.05, 0.1) is 10.7 Å². The summed E-state index contributed by atoms with van der Waals surface area (Å²) in [6.45, 7) is 4.00. The van der Waals surface area contributed by atoms with Gasteiger partial charge in [-0.1, -0.05) is 47.8 Å². The van der Waals surface area contributed by atoms with Crippen LogP contribution in [0.2, 0.25) is 10.0 Å². The van der Waals surface area contributed by atoms with Gasteiger partial charge in [-0.05, 0) is 78.9 Å². The minimum Gasteiger partial charge on any atom is -0.406 e. The third-order valence-electron chi connectivity index (χ3n) is 6.48. The van der Waals surface area contributed by atoms with Gasteiger partial charge in [0.15, 0.2) is 6.10 Å². The number of benzene rings is 2. The molecule has 0 bridgehead atoms. The van der Waals surface area contributed by atoms with E-state index in [4.69, 9.17) is 28.0 Å². The van der Waals surface area contributed by atoms with Gasteiger partial charge in [-0.3, -0.25) is 0 Å². The highest BCUT2D eigenvalue weighted by molar-refractivity contribution is 6.36. The van der Waals surface area contributed by atoms with Crippen LogP contribution in [-0.4, -0.2) is 9.30 Å². The number of hydrogen-bond donors (Lipinski definition) is 0. The highest BCUT2D eigenvalue weighted by Crippen LogP contribution is 2.35. The van der Waals surface area contributed by atoms with E-state index in [1.807, 2.05) is 13.1 Å². The number of rotatable bonds is 5. The Morgan fingerprint density at radius 3 is 2.68 bits per heavy atom. The SMILES string of the molecule is CCC1=CC(c2ccc3c(ccn3C)c2)=Cc2c(ccn2OC(C)c2c(Cl)ccc(F)c2Cl)C1. The monoisotopic (exact) mass is 494 g/mol. The Morgan fingerprint density at radius 2 is 1.88 bits per heavy atom. The van der Waals surface area contributed by atoms with E-state index in [2.05, 4.69) is 67.2 Å². The van der Waals surface area contributed by atoms with Crippen LogP contribution in [0.1, 0.15) is 48.8 Å². The first-order valence-electron chi connectivity index (χ1n) is 11.3. The Kier molecular flexibility index (Phi) is 6.05. The summed E-state index contributed by atoms with van der Waals surface area (Å²) in [6, 6.07) is 13.5. The maximum absolute atomic E-state index is 14.1. The molecule has 4 aromatic rings. The molecule has 2 aromatic carbocycles. The molecule has 0 spiro atoms. The summed E-state index contributed by atoms with van der Waals surface area (Å²) in [7, 11) is 2.05. The van der Waals surface area contributed by atoms with Crippen molar-refractivity contribution in [3.05, 3.63) is 105 Å². The average molecular weight is 495 g/mol. The van der Waals surface area contributed by atoms with E-state index >= 15 is 0 Å². The number of nitrogens with zero attached hydrogens (tertiary/aromatic N) is 2. The van der Waals surface area contributed by atoms with Crippen LogP contribution >= 0.6 is 23.2 Å². The highest BCUT2D eigenvalue weighted by atomic mass is 35.5. The second kappa shape index (κ2) is 9.01. The molecular weight excluding hydrogens is 470 g/mol. The summed E-state index contributed by atoms with van der Waals surface area (Å²) >= 11 is 12.6. The standard InChI is InChI=1S/C28H25Cl2FN2O/c1-4-18-13-20-10-12-33(34-17(2)27-23(29)6-7-24(31)28(27)30)26(20)16-22(14-18)19-5-8-25-21(15-19)9-11-32(25)3/h5-12,14-17H,4,13H2,1-3H3. The molecule has 0 aliphatic heterocycles. The minimum atomic E-state index is -0.549. The largest absolute Gasteiger partial charge is 0.406 e. The van der Waals surface area contributed by atoms with Crippen LogP contribution < -0.4 is 4.84 Å². The molecule has 5 rings (SSSR count). The van der Waals surface area contributed by atoms with E-state index in [0.29, 0.717) is 10.6 Å². The highest BCUT2D eigenvalue weighted by Gasteiger charge is 2.21. The molecule has 2 aromatic heterocycles. The topological polar surface area (TPSA) is 19.1 Å². The average Bonchev–Trinajstić information content (AvgIpc) is 3.31. The number of halogens is 3. The number of allylic oxidation sites excluding steroid dienone is 3. The van der Waals surface area contributed by atoms with Gasteiger partial charge in [0.2, 0.25) is 0 Å². The fourth-order valence-electron chi connectivity index (χ4n) is 4.56. The van der Waals surface area contributed by atoms with Crippen LogP contribution in [0.15, 0.2) is 66.5 Å². The van der Waals surface area contributed by atoms with Crippen molar-refractivity contribution < 1.29 is 9.23 Å². The van der Waals surface area contributed by atoms with Crippen molar-refractivity contribution >= 4 is 45.8 Å². The summed E-state index contributed by atoms with van der Waals surface area (Å²) in [5.74, 6) is -0.516. The fraction of sp³-hybridized carbons (Fsp3) is 0.214. The third kappa shape index (κ3) is 4.06. The molecular formula is C28H25Cl2FN2O. The van der Waals surface area contributed by atoms with E-state index in [1.54, 1.807) is 4.73 Å². The molecule has 0 saturated carbocycles. The first kappa shape index (κ1) is 22.8. The summed E-state index contributed by atoms with van der Waals surface area (Å²) < 4.78 is 17.9. The van der Waals surface area contributed by atoms with Crippen molar-refractivity contribution in [2.75, 3.05) is 0 Å². The van der Waals surface area contributed by atoms with Crippen molar-refractivity contribution in [1.29, 1.82) is 0 Å². The first-order valence-corrected chi connectivity index (χ1v) is 12.1. The molecule has 1 unspecified atom stereocenters. The van der Waals surface area contributed by atoms with Gasteiger partial charge in [-0.25, -0.2) is 4.39 Å². The Bertz CT molecular complexity index is 1460. The molecule has 6 heteroatoms. The molecule has 1 aliphatic rings. The Labute approximate surface area is 208 Å². The quantitative estimate of drug-likeness (QED) is 0.256. The minimum absolute atomic E-state index is 0.0134. The summed E-state index contributed by atoms with van der Waals surface area (Å²) in [5.41, 5.74) is 7.38. The molecule has 0 radical (unpaired) electrons. The van der Waals surface area contributed by atoms with Crippen molar-refractivity contribution in [3.8, 4) is 0 Å². The Balaban J connectivity index is 1.56. The molecule has 0 amide bonds. The third-order valence-corrected chi connectivity index (χ3v) is 7.19. The van der Waals surface area contributed by atoms with Crippen LogP contribution in [0.3, 0.4) is 0 Å².